The van der Waals surface area contributed by atoms with Gasteiger partial charge in [0.25, 0.3) is 0 Å². The molecule has 2 rings (SSSR count). The Kier molecular flexibility index (Phi) is 4.00. The van der Waals surface area contributed by atoms with Crippen molar-refractivity contribution in [3.05, 3.63) is 0 Å². The number of rotatable bonds is 2. The van der Waals surface area contributed by atoms with Crippen molar-refractivity contribution in [2.45, 2.75) is 44.8 Å². The maximum atomic E-state index is 9.55. The van der Waals surface area contributed by atoms with Gasteiger partial charge in [0.1, 0.15) is 0 Å². The van der Waals surface area contributed by atoms with Crippen LogP contribution in [-0.4, -0.2) is 48.3 Å². The summed E-state index contributed by atoms with van der Waals surface area (Å²) in [7, 11) is 0. The molecule has 0 aromatic rings. The summed E-state index contributed by atoms with van der Waals surface area (Å²) >= 11 is 0. The van der Waals surface area contributed by atoms with Crippen LogP contribution in [0, 0.1) is 5.92 Å². The Balaban J connectivity index is 1.77. The van der Waals surface area contributed by atoms with Crippen LogP contribution in [0.25, 0.3) is 0 Å². The third-order valence-electron chi connectivity index (χ3n) is 4.08. The SMILES string of the molecule is CC(O)C1CCN(C2CCNCC2)CC1. The molecule has 3 heteroatoms. The summed E-state index contributed by atoms with van der Waals surface area (Å²) in [6, 6.07) is 0.807. The minimum Gasteiger partial charge on any atom is -0.393 e. The van der Waals surface area contributed by atoms with Crippen LogP contribution in [0.5, 0.6) is 0 Å². The Morgan fingerprint density at radius 2 is 1.73 bits per heavy atom. The van der Waals surface area contributed by atoms with Crippen LogP contribution in [0.4, 0.5) is 0 Å². The number of hydrogen-bond donors (Lipinski definition) is 2. The van der Waals surface area contributed by atoms with Crippen molar-refractivity contribution in [1.82, 2.24) is 10.2 Å². The van der Waals surface area contributed by atoms with Gasteiger partial charge in [-0.1, -0.05) is 0 Å². The summed E-state index contributed by atoms with van der Waals surface area (Å²) in [5.41, 5.74) is 0. The summed E-state index contributed by atoms with van der Waals surface area (Å²) in [5.74, 6) is 0.544. The number of nitrogens with zero attached hydrogens (tertiary/aromatic N) is 1. The zero-order chi connectivity index (χ0) is 10.7. The van der Waals surface area contributed by atoms with Crippen molar-refractivity contribution < 1.29 is 5.11 Å². The van der Waals surface area contributed by atoms with E-state index < -0.39 is 0 Å². The first kappa shape index (κ1) is 11.4. The Bertz CT molecular complexity index is 182. The molecule has 0 saturated carbocycles. The first-order valence-electron chi connectivity index (χ1n) is 6.40. The van der Waals surface area contributed by atoms with E-state index in [1.807, 2.05) is 6.92 Å². The number of aliphatic hydroxyl groups is 1. The minimum absolute atomic E-state index is 0.111. The van der Waals surface area contributed by atoms with E-state index in [4.69, 9.17) is 0 Å². The molecule has 3 nitrogen and oxygen atoms in total. The molecule has 88 valence electrons. The lowest BCUT2D eigenvalue weighted by molar-refractivity contribution is 0.0491. The van der Waals surface area contributed by atoms with Crippen molar-refractivity contribution in [3.8, 4) is 0 Å². The molecule has 0 aromatic carbocycles. The predicted octanol–water partition coefficient (Wildman–Crippen LogP) is 0.831. The predicted molar refractivity (Wildman–Crippen MR) is 61.9 cm³/mol. The molecule has 0 amide bonds. The van der Waals surface area contributed by atoms with Gasteiger partial charge < -0.3 is 15.3 Å². The molecule has 2 aliphatic heterocycles. The van der Waals surface area contributed by atoms with Gasteiger partial charge in [-0.3, -0.25) is 0 Å². The van der Waals surface area contributed by atoms with E-state index in [1.54, 1.807) is 0 Å². The van der Waals surface area contributed by atoms with Gasteiger partial charge in [0.2, 0.25) is 0 Å². The molecular weight excluding hydrogens is 188 g/mol. The third-order valence-corrected chi connectivity index (χ3v) is 4.08. The Hall–Kier alpha value is -0.120. The van der Waals surface area contributed by atoms with Crippen molar-refractivity contribution in [3.63, 3.8) is 0 Å². The molecule has 2 heterocycles. The number of hydrogen-bond acceptors (Lipinski definition) is 3. The smallest absolute Gasteiger partial charge is 0.0541 e. The van der Waals surface area contributed by atoms with E-state index in [9.17, 15) is 5.11 Å². The second-order valence-corrected chi connectivity index (χ2v) is 5.10. The number of nitrogens with one attached hydrogen (secondary N) is 1. The van der Waals surface area contributed by atoms with E-state index in [0.717, 1.165) is 6.04 Å². The average molecular weight is 212 g/mol. The topological polar surface area (TPSA) is 35.5 Å². The maximum Gasteiger partial charge on any atom is 0.0541 e. The van der Waals surface area contributed by atoms with Crippen LogP contribution in [0.15, 0.2) is 0 Å². The molecule has 0 aromatic heterocycles. The van der Waals surface area contributed by atoms with Crippen molar-refractivity contribution in [1.29, 1.82) is 0 Å². The lowest BCUT2D eigenvalue weighted by atomic mass is 9.90. The summed E-state index contributed by atoms with van der Waals surface area (Å²) in [6.45, 7) is 6.69. The molecule has 2 fully saturated rings. The maximum absolute atomic E-state index is 9.55. The molecule has 0 spiro atoms. The Labute approximate surface area is 92.8 Å². The quantitative estimate of drug-likeness (QED) is 0.712. The highest BCUT2D eigenvalue weighted by Gasteiger charge is 2.27. The largest absolute Gasteiger partial charge is 0.393 e. The summed E-state index contributed by atoms with van der Waals surface area (Å²) < 4.78 is 0. The summed E-state index contributed by atoms with van der Waals surface area (Å²) in [5, 5.41) is 13.0. The second-order valence-electron chi connectivity index (χ2n) is 5.10. The third kappa shape index (κ3) is 2.92. The molecule has 1 atom stereocenters. The minimum atomic E-state index is -0.111. The summed E-state index contributed by atoms with van der Waals surface area (Å²) in [4.78, 5) is 2.64. The van der Waals surface area contributed by atoms with Crippen LogP contribution in [-0.2, 0) is 0 Å². The zero-order valence-electron chi connectivity index (χ0n) is 9.78. The first-order valence-corrected chi connectivity index (χ1v) is 6.40. The molecule has 2 aliphatic rings. The van der Waals surface area contributed by atoms with Crippen LogP contribution < -0.4 is 5.32 Å². The van der Waals surface area contributed by atoms with Gasteiger partial charge in [-0.2, -0.15) is 0 Å². The molecule has 2 N–H and O–H groups in total. The van der Waals surface area contributed by atoms with Gasteiger partial charge >= 0.3 is 0 Å². The molecule has 0 radical (unpaired) electrons. The number of piperidine rings is 2. The van der Waals surface area contributed by atoms with E-state index in [2.05, 4.69) is 10.2 Å². The molecule has 15 heavy (non-hydrogen) atoms. The Morgan fingerprint density at radius 1 is 1.13 bits per heavy atom. The fourth-order valence-electron chi connectivity index (χ4n) is 2.94. The lowest BCUT2D eigenvalue weighted by Gasteiger charge is -2.40. The highest BCUT2D eigenvalue weighted by Crippen LogP contribution is 2.24. The van der Waals surface area contributed by atoms with Gasteiger partial charge in [-0.15, -0.1) is 0 Å². The number of aliphatic hydroxyl groups excluding tert-OH is 1. The van der Waals surface area contributed by atoms with Gasteiger partial charge in [0.15, 0.2) is 0 Å². The summed E-state index contributed by atoms with van der Waals surface area (Å²) in [6.07, 6.45) is 4.86. The fraction of sp³-hybridized carbons (Fsp3) is 1.00. The van der Waals surface area contributed by atoms with Crippen LogP contribution in [0.3, 0.4) is 0 Å². The van der Waals surface area contributed by atoms with E-state index in [1.165, 1.54) is 51.9 Å². The van der Waals surface area contributed by atoms with Crippen molar-refractivity contribution in [2.75, 3.05) is 26.2 Å². The van der Waals surface area contributed by atoms with Gasteiger partial charge in [0, 0.05) is 6.04 Å². The van der Waals surface area contributed by atoms with Crippen molar-refractivity contribution in [2.24, 2.45) is 5.92 Å². The van der Waals surface area contributed by atoms with E-state index >= 15 is 0 Å². The van der Waals surface area contributed by atoms with Gasteiger partial charge in [-0.25, -0.2) is 0 Å². The average Bonchev–Trinajstić information content (AvgIpc) is 2.30. The van der Waals surface area contributed by atoms with Crippen LogP contribution in [0.2, 0.25) is 0 Å². The molecule has 0 bridgehead atoms. The fourth-order valence-corrected chi connectivity index (χ4v) is 2.94. The zero-order valence-corrected chi connectivity index (χ0v) is 9.78. The van der Waals surface area contributed by atoms with Crippen LogP contribution in [0.1, 0.15) is 32.6 Å². The highest BCUT2D eigenvalue weighted by atomic mass is 16.3. The standard InChI is InChI=1S/C12H24N2O/c1-10(15)11-4-8-14(9-5-11)12-2-6-13-7-3-12/h10-13,15H,2-9H2,1H3. The monoisotopic (exact) mass is 212 g/mol. The molecule has 0 aliphatic carbocycles. The molecule has 2 saturated heterocycles. The molecule has 1 unspecified atom stereocenters. The Morgan fingerprint density at radius 3 is 2.27 bits per heavy atom. The van der Waals surface area contributed by atoms with Crippen molar-refractivity contribution >= 4 is 0 Å². The lowest BCUT2D eigenvalue weighted by Crippen LogP contribution is -2.47. The van der Waals surface area contributed by atoms with Crippen LogP contribution >= 0.6 is 0 Å². The molecular formula is C12H24N2O. The van der Waals surface area contributed by atoms with Gasteiger partial charge in [0.05, 0.1) is 6.10 Å². The first-order chi connectivity index (χ1) is 7.27. The van der Waals surface area contributed by atoms with E-state index in [0.29, 0.717) is 5.92 Å². The second kappa shape index (κ2) is 5.28. The normalized spacial score (nSPS) is 29.2. The van der Waals surface area contributed by atoms with Gasteiger partial charge in [-0.05, 0) is 64.7 Å². The van der Waals surface area contributed by atoms with E-state index in [-0.39, 0.29) is 6.10 Å². The highest BCUT2D eigenvalue weighted by molar-refractivity contribution is 4.83. The number of likely N-dealkylation sites (tertiary alicyclic amines) is 1.